The summed E-state index contributed by atoms with van der Waals surface area (Å²) in [5, 5.41) is 0. The first-order valence-electron chi connectivity index (χ1n) is 6.12. The lowest BCUT2D eigenvalue weighted by Gasteiger charge is -2.14. The molecule has 0 aliphatic heterocycles. The van der Waals surface area contributed by atoms with Gasteiger partial charge in [0, 0.05) is 16.8 Å². The van der Waals surface area contributed by atoms with Gasteiger partial charge in [-0.3, -0.25) is 0 Å². The zero-order chi connectivity index (χ0) is 14.8. The molecule has 2 N–H and O–H groups in total. The van der Waals surface area contributed by atoms with Crippen molar-refractivity contribution in [3.63, 3.8) is 0 Å². The van der Waals surface area contributed by atoms with Crippen molar-refractivity contribution in [2.75, 3.05) is 12.3 Å². The summed E-state index contributed by atoms with van der Waals surface area (Å²) in [5.74, 6) is 0.599. The summed E-state index contributed by atoms with van der Waals surface area (Å²) in [7, 11) is 0. The van der Waals surface area contributed by atoms with Crippen LogP contribution in [0.2, 0.25) is 0 Å². The van der Waals surface area contributed by atoms with Crippen molar-refractivity contribution in [1.82, 2.24) is 0 Å². The first-order chi connectivity index (χ1) is 9.43. The molecule has 2 aromatic rings. The Labute approximate surface area is 115 Å². The number of halogens is 3. The number of anilines is 1. The van der Waals surface area contributed by atoms with Crippen LogP contribution in [-0.4, -0.2) is 6.61 Å². The fraction of sp³-hybridized carbons (Fsp3) is 0.200. The molecule has 0 radical (unpaired) electrons. The maximum absolute atomic E-state index is 12.6. The molecule has 2 rings (SSSR count). The van der Waals surface area contributed by atoms with Crippen molar-refractivity contribution in [2.45, 2.75) is 13.1 Å². The molecule has 0 saturated heterocycles. The fourth-order valence-electron chi connectivity index (χ4n) is 1.95. The third-order valence-electron chi connectivity index (χ3n) is 2.86. The van der Waals surface area contributed by atoms with Gasteiger partial charge in [-0.05, 0) is 25.1 Å². The monoisotopic (exact) mass is 281 g/mol. The standard InChI is InChI=1S/C15H14F3NO/c1-2-20-14-6-4-3-5-12(14)11-8-7-10(9-13(11)19)15(16,17)18/h3-9H,2,19H2,1H3. The third kappa shape index (κ3) is 2.87. The Morgan fingerprint density at radius 1 is 1.05 bits per heavy atom. The van der Waals surface area contributed by atoms with E-state index in [9.17, 15) is 13.2 Å². The van der Waals surface area contributed by atoms with Crippen molar-refractivity contribution < 1.29 is 17.9 Å². The molecule has 0 aliphatic rings. The van der Waals surface area contributed by atoms with E-state index < -0.39 is 11.7 Å². The minimum Gasteiger partial charge on any atom is -0.493 e. The van der Waals surface area contributed by atoms with Crippen molar-refractivity contribution in [1.29, 1.82) is 0 Å². The zero-order valence-corrected chi connectivity index (χ0v) is 10.9. The van der Waals surface area contributed by atoms with E-state index in [-0.39, 0.29) is 5.69 Å². The number of nitrogen functional groups attached to an aromatic ring is 1. The zero-order valence-electron chi connectivity index (χ0n) is 10.9. The van der Waals surface area contributed by atoms with Crippen molar-refractivity contribution >= 4 is 5.69 Å². The number of nitrogens with two attached hydrogens (primary N) is 1. The van der Waals surface area contributed by atoms with Crippen LogP contribution in [0.1, 0.15) is 12.5 Å². The highest BCUT2D eigenvalue weighted by molar-refractivity contribution is 5.80. The number of ether oxygens (including phenoxy) is 1. The lowest BCUT2D eigenvalue weighted by atomic mass is 10.0. The summed E-state index contributed by atoms with van der Waals surface area (Å²) < 4.78 is 43.3. The number of para-hydroxylation sites is 1. The number of alkyl halides is 3. The Balaban J connectivity index is 2.49. The van der Waals surface area contributed by atoms with E-state index in [1.54, 1.807) is 24.3 Å². The molecule has 5 heteroatoms. The van der Waals surface area contributed by atoms with E-state index in [1.165, 1.54) is 6.07 Å². The van der Waals surface area contributed by atoms with Gasteiger partial charge >= 0.3 is 6.18 Å². The molecule has 0 spiro atoms. The lowest BCUT2D eigenvalue weighted by molar-refractivity contribution is -0.137. The predicted molar refractivity (Wildman–Crippen MR) is 72.5 cm³/mol. The number of benzene rings is 2. The normalized spacial score (nSPS) is 11.4. The molecule has 2 nitrogen and oxygen atoms in total. The van der Waals surface area contributed by atoms with Crippen LogP contribution in [0.4, 0.5) is 18.9 Å². The van der Waals surface area contributed by atoms with Gasteiger partial charge in [0.15, 0.2) is 0 Å². The first kappa shape index (κ1) is 14.2. The second-order valence-electron chi connectivity index (χ2n) is 4.23. The average Bonchev–Trinajstić information content (AvgIpc) is 2.39. The molecule has 20 heavy (non-hydrogen) atoms. The molecule has 0 amide bonds. The van der Waals surface area contributed by atoms with Gasteiger partial charge in [0.2, 0.25) is 0 Å². The minimum absolute atomic E-state index is 0.0759. The summed E-state index contributed by atoms with van der Waals surface area (Å²) in [5.41, 5.74) is 6.29. The summed E-state index contributed by atoms with van der Waals surface area (Å²) in [6.07, 6.45) is -4.40. The Morgan fingerprint density at radius 3 is 2.35 bits per heavy atom. The van der Waals surface area contributed by atoms with Crippen LogP contribution in [-0.2, 0) is 6.18 Å². The van der Waals surface area contributed by atoms with Gasteiger partial charge in [-0.25, -0.2) is 0 Å². The van der Waals surface area contributed by atoms with E-state index in [0.717, 1.165) is 12.1 Å². The predicted octanol–water partition coefficient (Wildman–Crippen LogP) is 4.35. The summed E-state index contributed by atoms with van der Waals surface area (Å²) >= 11 is 0. The highest BCUT2D eigenvalue weighted by Gasteiger charge is 2.31. The highest BCUT2D eigenvalue weighted by atomic mass is 19.4. The van der Waals surface area contributed by atoms with Crippen LogP contribution < -0.4 is 10.5 Å². The Hall–Kier alpha value is -2.17. The van der Waals surface area contributed by atoms with Crippen molar-refractivity contribution in [3.8, 4) is 16.9 Å². The minimum atomic E-state index is -4.40. The Morgan fingerprint density at radius 2 is 1.75 bits per heavy atom. The van der Waals surface area contributed by atoms with E-state index in [2.05, 4.69) is 0 Å². The first-order valence-corrected chi connectivity index (χ1v) is 6.12. The van der Waals surface area contributed by atoms with E-state index in [0.29, 0.717) is 23.5 Å². The number of rotatable bonds is 3. The van der Waals surface area contributed by atoms with Crippen molar-refractivity contribution in [2.24, 2.45) is 0 Å². The smallest absolute Gasteiger partial charge is 0.416 e. The van der Waals surface area contributed by atoms with E-state index in [4.69, 9.17) is 10.5 Å². The molecule has 0 heterocycles. The van der Waals surface area contributed by atoms with Crippen molar-refractivity contribution in [3.05, 3.63) is 48.0 Å². The Kier molecular flexibility index (Phi) is 3.88. The van der Waals surface area contributed by atoms with E-state index in [1.807, 2.05) is 6.92 Å². The summed E-state index contributed by atoms with van der Waals surface area (Å²) in [4.78, 5) is 0. The second kappa shape index (κ2) is 5.45. The van der Waals surface area contributed by atoms with Gasteiger partial charge in [-0.1, -0.05) is 24.3 Å². The summed E-state index contributed by atoms with van der Waals surface area (Å²) in [6.45, 7) is 2.31. The lowest BCUT2D eigenvalue weighted by Crippen LogP contribution is -2.06. The quantitative estimate of drug-likeness (QED) is 0.849. The van der Waals surface area contributed by atoms with Crippen LogP contribution >= 0.6 is 0 Å². The SMILES string of the molecule is CCOc1ccccc1-c1ccc(C(F)(F)F)cc1N. The molecule has 0 aromatic heterocycles. The number of hydrogen-bond donors (Lipinski definition) is 1. The van der Waals surface area contributed by atoms with Gasteiger partial charge < -0.3 is 10.5 Å². The largest absolute Gasteiger partial charge is 0.493 e. The molecular formula is C15H14F3NO. The molecular weight excluding hydrogens is 267 g/mol. The van der Waals surface area contributed by atoms with Gasteiger partial charge in [-0.2, -0.15) is 13.2 Å². The maximum Gasteiger partial charge on any atom is 0.416 e. The molecule has 0 unspecified atom stereocenters. The maximum atomic E-state index is 12.6. The molecule has 2 aromatic carbocycles. The van der Waals surface area contributed by atoms with Crippen LogP contribution in [0.25, 0.3) is 11.1 Å². The molecule has 0 bridgehead atoms. The summed E-state index contributed by atoms with van der Waals surface area (Å²) in [6, 6.07) is 10.5. The molecule has 106 valence electrons. The second-order valence-corrected chi connectivity index (χ2v) is 4.23. The Bertz CT molecular complexity index is 608. The molecule has 0 aliphatic carbocycles. The third-order valence-corrected chi connectivity index (χ3v) is 2.86. The van der Waals surface area contributed by atoms with Gasteiger partial charge in [0.1, 0.15) is 5.75 Å². The van der Waals surface area contributed by atoms with Gasteiger partial charge in [-0.15, -0.1) is 0 Å². The van der Waals surface area contributed by atoms with E-state index >= 15 is 0 Å². The molecule has 0 saturated carbocycles. The topological polar surface area (TPSA) is 35.2 Å². The molecule has 0 atom stereocenters. The van der Waals surface area contributed by atoms with Gasteiger partial charge in [0.05, 0.1) is 12.2 Å². The van der Waals surface area contributed by atoms with Crippen LogP contribution in [0.3, 0.4) is 0 Å². The molecule has 0 fully saturated rings. The van der Waals surface area contributed by atoms with Crippen LogP contribution in [0.15, 0.2) is 42.5 Å². The van der Waals surface area contributed by atoms with Gasteiger partial charge in [0.25, 0.3) is 0 Å². The van der Waals surface area contributed by atoms with Crippen LogP contribution in [0, 0.1) is 0 Å². The number of hydrogen-bond acceptors (Lipinski definition) is 2. The average molecular weight is 281 g/mol. The van der Waals surface area contributed by atoms with Crippen LogP contribution in [0.5, 0.6) is 5.75 Å². The highest BCUT2D eigenvalue weighted by Crippen LogP contribution is 2.37. The fourth-order valence-corrected chi connectivity index (χ4v) is 1.95.